The van der Waals surface area contributed by atoms with Crippen LogP contribution in [0.5, 0.6) is 0 Å². The van der Waals surface area contributed by atoms with E-state index in [1.165, 1.54) is 6.07 Å². The summed E-state index contributed by atoms with van der Waals surface area (Å²) in [5.41, 5.74) is -0.0683. The summed E-state index contributed by atoms with van der Waals surface area (Å²) in [5.74, 6) is 0.807. The van der Waals surface area contributed by atoms with E-state index < -0.39 is 4.92 Å². The second-order valence-corrected chi connectivity index (χ2v) is 3.87. The number of nitrogens with one attached hydrogen (secondary N) is 1. The van der Waals surface area contributed by atoms with Gasteiger partial charge < -0.3 is 10.2 Å². The molecular weight excluding hydrogens is 234 g/mol. The Balaban J connectivity index is 3.19. The van der Waals surface area contributed by atoms with Crippen LogP contribution in [-0.4, -0.2) is 30.0 Å². The van der Waals surface area contributed by atoms with Gasteiger partial charge in [-0.2, -0.15) is 5.26 Å². The van der Waals surface area contributed by atoms with Gasteiger partial charge in [-0.15, -0.1) is 0 Å². The highest BCUT2D eigenvalue weighted by molar-refractivity contribution is 5.61. The second kappa shape index (κ2) is 5.82. The molecule has 0 spiro atoms. The average Bonchev–Trinajstić information content (AvgIpc) is 2.37. The minimum absolute atomic E-state index is 0.0683. The van der Waals surface area contributed by atoms with E-state index in [1.54, 1.807) is 25.1 Å². The molecule has 0 aliphatic rings. The number of pyridine rings is 1. The maximum absolute atomic E-state index is 11.0. The van der Waals surface area contributed by atoms with E-state index in [9.17, 15) is 10.1 Å². The van der Waals surface area contributed by atoms with Crippen molar-refractivity contribution in [3.63, 3.8) is 0 Å². The summed E-state index contributed by atoms with van der Waals surface area (Å²) in [4.78, 5) is 16.3. The van der Waals surface area contributed by atoms with Gasteiger partial charge in [-0.05, 0) is 13.0 Å². The molecule has 18 heavy (non-hydrogen) atoms. The molecule has 0 aromatic carbocycles. The molecular formula is C11H15N5O2. The van der Waals surface area contributed by atoms with Crippen molar-refractivity contribution in [3.05, 3.63) is 22.2 Å². The third-order valence-electron chi connectivity index (χ3n) is 2.69. The van der Waals surface area contributed by atoms with Crippen LogP contribution < -0.4 is 10.2 Å². The van der Waals surface area contributed by atoms with E-state index >= 15 is 0 Å². The fourth-order valence-corrected chi connectivity index (χ4v) is 1.46. The van der Waals surface area contributed by atoms with Gasteiger partial charge in [0.25, 0.3) is 0 Å². The molecule has 0 bridgehead atoms. The van der Waals surface area contributed by atoms with Gasteiger partial charge in [-0.1, -0.05) is 0 Å². The molecule has 1 rings (SSSR count). The number of nitriles is 1. The third kappa shape index (κ3) is 2.85. The summed E-state index contributed by atoms with van der Waals surface area (Å²) < 4.78 is 0. The van der Waals surface area contributed by atoms with Gasteiger partial charge in [0.2, 0.25) is 5.82 Å². The van der Waals surface area contributed by atoms with Gasteiger partial charge >= 0.3 is 5.69 Å². The quantitative estimate of drug-likeness (QED) is 0.631. The molecule has 1 heterocycles. The highest BCUT2D eigenvalue weighted by Gasteiger charge is 2.22. The second-order valence-electron chi connectivity index (χ2n) is 3.87. The minimum atomic E-state index is -0.475. The molecule has 0 aliphatic carbocycles. The van der Waals surface area contributed by atoms with E-state index in [2.05, 4.69) is 10.3 Å². The topological polar surface area (TPSA) is 95.1 Å². The molecule has 1 N–H and O–H groups in total. The SMILES string of the molecule is CNc1ccc([N+](=O)[O-])c(N(C)C(C)CC#N)n1. The molecule has 0 radical (unpaired) electrons. The average molecular weight is 249 g/mol. The van der Waals surface area contributed by atoms with E-state index in [-0.39, 0.29) is 24.0 Å². The van der Waals surface area contributed by atoms with Gasteiger partial charge in [0.1, 0.15) is 5.82 Å². The molecule has 0 saturated carbocycles. The van der Waals surface area contributed by atoms with Gasteiger partial charge in [0.15, 0.2) is 0 Å². The maximum atomic E-state index is 11.0. The Morgan fingerprint density at radius 3 is 2.83 bits per heavy atom. The van der Waals surface area contributed by atoms with Crippen molar-refractivity contribution < 1.29 is 4.92 Å². The van der Waals surface area contributed by atoms with E-state index in [0.717, 1.165) is 0 Å². The Hall–Kier alpha value is -2.36. The predicted molar refractivity (Wildman–Crippen MR) is 68.5 cm³/mol. The molecule has 1 unspecified atom stereocenters. The number of nitrogens with zero attached hydrogens (tertiary/aromatic N) is 4. The monoisotopic (exact) mass is 249 g/mol. The number of aromatic nitrogens is 1. The highest BCUT2D eigenvalue weighted by Crippen LogP contribution is 2.28. The van der Waals surface area contributed by atoms with Crippen LogP contribution in [0.15, 0.2) is 12.1 Å². The molecule has 0 amide bonds. The van der Waals surface area contributed by atoms with Gasteiger partial charge in [0, 0.05) is 26.2 Å². The third-order valence-corrected chi connectivity index (χ3v) is 2.69. The summed E-state index contributed by atoms with van der Waals surface area (Å²) in [5, 5.41) is 22.5. The summed E-state index contributed by atoms with van der Waals surface area (Å²) >= 11 is 0. The summed E-state index contributed by atoms with van der Waals surface area (Å²) in [7, 11) is 3.38. The summed E-state index contributed by atoms with van der Waals surface area (Å²) in [6.07, 6.45) is 0.277. The van der Waals surface area contributed by atoms with Crippen molar-refractivity contribution >= 4 is 17.3 Å². The van der Waals surface area contributed by atoms with Crippen LogP contribution in [0.25, 0.3) is 0 Å². The fraction of sp³-hybridized carbons (Fsp3) is 0.455. The van der Waals surface area contributed by atoms with E-state index in [0.29, 0.717) is 5.82 Å². The first-order valence-electron chi connectivity index (χ1n) is 5.44. The van der Waals surface area contributed by atoms with Crippen LogP contribution in [0.3, 0.4) is 0 Å². The molecule has 0 fully saturated rings. The van der Waals surface area contributed by atoms with Gasteiger partial charge in [-0.25, -0.2) is 4.98 Å². The lowest BCUT2D eigenvalue weighted by atomic mass is 10.2. The summed E-state index contributed by atoms with van der Waals surface area (Å²) in [6, 6.07) is 4.85. The highest BCUT2D eigenvalue weighted by atomic mass is 16.6. The fourth-order valence-electron chi connectivity index (χ4n) is 1.46. The van der Waals surface area contributed by atoms with Crippen LogP contribution >= 0.6 is 0 Å². The largest absolute Gasteiger partial charge is 0.373 e. The molecule has 1 aromatic heterocycles. The van der Waals surface area contributed by atoms with Crippen molar-refractivity contribution in [1.82, 2.24) is 4.98 Å². The standard InChI is InChI=1S/C11H15N5O2/c1-8(6-7-12)15(3)11-9(16(17)18)4-5-10(13-2)14-11/h4-5,8H,6H2,1-3H3,(H,13,14). The molecule has 1 atom stereocenters. The Kier molecular flexibility index (Phi) is 4.43. The molecule has 96 valence electrons. The lowest BCUT2D eigenvalue weighted by Gasteiger charge is -2.23. The molecule has 1 aromatic rings. The molecule has 0 aliphatic heterocycles. The van der Waals surface area contributed by atoms with Crippen LogP contribution in [0.2, 0.25) is 0 Å². The van der Waals surface area contributed by atoms with Crippen molar-refractivity contribution in [1.29, 1.82) is 5.26 Å². The summed E-state index contributed by atoms with van der Waals surface area (Å²) in [6.45, 7) is 1.82. The van der Waals surface area contributed by atoms with Gasteiger partial charge in [0.05, 0.1) is 17.4 Å². The van der Waals surface area contributed by atoms with Crippen LogP contribution in [-0.2, 0) is 0 Å². The Morgan fingerprint density at radius 1 is 1.67 bits per heavy atom. The molecule has 0 saturated heterocycles. The lowest BCUT2D eigenvalue weighted by molar-refractivity contribution is -0.384. The lowest BCUT2D eigenvalue weighted by Crippen LogP contribution is -2.30. The molecule has 7 heteroatoms. The van der Waals surface area contributed by atoms with Crippen LogP contribution in [0.1, 0.15) is 13.3 Å². The van der Waals surface area contributed by atoms with Crippen molar-refractivity contribution in [3.8, 4) is 6.07 Å². The van der Waals surface area contributed by atoms with Crippen LogP contribution in [0, 0.1) is 21.4 Å². The maximum Gasteiger partial charge on any atom is 0.311 e. The van der Waals surface area contributed by atoms with Gasteiger partial charge in [-0.3, -0.25) is 10.1 Å². The number of nitro groups is 1. The van der Waals surface area contributed by atoms with E-state index in [1.807, 2.05) is 13.0 Å². The zero-order valence-corrected chi connectivity index (χ0v) is 10.5. The van der Waals surface area contributed by atoms with Crippen molar-refractivity contribution in [2.24, 2.45) is 0 Å². The van der Waals surface area contributed by atoms with E-state index in [4.69, 9.17) is 5.26 Å². The minimum Gasteiger partial charge on any atom is -0.373 e. The first-order valence-corrected chi connectivity index (χ1v) is 5.44. The zero-order valence-electron chi connectivity index (χ0n) is 10.5. The number of hydrogen-bond donors (Lipinski definition) is 1. The normalized spacial score (nSPS) is 11.4. The number of hydrogen-bond acceptors (Lipinski definition) is 6. The Morgan fingerprint density at radius 2 is 2.33 bits per heavy atom. The van der Waals surface area contributed by atoms with Crippen molar-refractivity contribution in [2.45, 2.75) is 19.4 Å². The van der Waals surface area contributed by atoms with Crippen molar-refractivity contribution in [2.75, 3.05) is 24.3 Å². The molecule has 7 nitrogen and oxygen atoms in total. The number of anilines is 2. The Labute approximate surface area is 105 Å². The smallest absolute Gasteiger partial charge is 0.311 e. The Bertz CT molecular complexity index is 483. The first-order chi connectivity index (χ1) is 8.51. The number of rotatable bonds is 5. The predicted octanol–water partition coefficient (Wildman–Crippen LogP) is 1.77. The zero-order chi connectivity index (χ0) is 13.7. The van der Waals surface area contributed by atoms with Crippen LogP contribution in [0.4, 0.5) is 17.3 Å². The first kappa shape index (κ1) is 13.7.